The number of amides is 1. The predicted octanol–water partition coefficient (Wildman–Crippen LogP) is 8.73. The minimum absolute atomic E-state index is 0.0670. The smallest absolute Gasteiger partial charge is 0.256 e. The molecule has 0 aliphatic heterocycles. The number of unbranched alkanes of at least 4 members (excludes halogenated alkanes) is 2. The van der Waals surface area contributed by atoms with Crippen LogP contribution >= 0.6 is 0 Å². The Kier molecular flexibility index (Phi) is 9.51. The quantitative estimate of drug-likeness (QED) is 0.182. The van der Waals surface area contributed by atoms with Crippen molar-refractivity contribution in [2.75, 3.05) is 5.32 Å². The number of carbonyl (C=O) groups is 1. The van der Waals surface area contributed by atoms with Gasteiger partial charge in [-0.25, -0.2) is 0 Å². The Morgan fingerprint density at radius 1 is 0.917 bits per heavy atom. The van der Waals surface area contributed by atoms with Gasteiger partial charge in [0.25, 0.3) is 5.91 Å². The third-order valence-electron chi connectivity index (χ3n) is 7.64. The van der Waals surface area contributed by atoms with Crippen LogP contribution in [0.1, 0.15) is 82.3 Å². The summed E-state index contributed by atoms with van der Waals surface area (Å²) < 4.78 is 0. The first-order valence-corrected chi connectivity index (χ1v) is 15.6. The molecule has 1 amide bonds. The van der Waals surface area contributed by atoms with Gasteiger partial charge in [0.15, 0.2) is 0 Å². The second-order valence-electron chi connectivity index (χ2n) is 10.8. The molecule has 0 radical (unpaired) electrons. The highest BCUT2D eigenvalue weighted by molar-refractivity contribution is 6.90. The molecule has 0 saturated heterocycles. The molecule has 0 aliphatic rings. The van der Waals surface area contributed by atoms with E-state index in [-0.39, 0.29) is 5.91 Å². The lowest BCUT2D eigenvalue weighted by molar-refractivity contribution is 0.102. The van der Waals surface area contributed by atoms with Gasteiger partial charge in [0.2, 0.25) is 0 Å². The van der Waals surface area contributed by atoms with Crippen LogP contribution < -0.4 is 5.32 Å². The number of fused-ring (bicyclic) bond motifs is 1. The van der Waals surface area contributed by atoms with Crippen LogP contribution in [0, 0.1) is 18.4 Å². The van der Waals surface area contributed by atoms with Gasteiger partial charge in [-0.15, -0.1) is 11.5 Å². The summed E-state index contributed by atoms with van der Waals surface area (Å²) in [5, 5.41) is 4.14. The molecule has 3 rings (SSSR count). The van der Waals surface area contributed by atoms with E-state index in [1.807, 2.05) is 43.3 Å². The van der Waals surface area contributed by atoms with Crippen molar-refractivity contribution in [2.45, 2.75) is 90.8 Å². The molecule has 0 aliphatic carbocycles. The molecule has 0 saturated carbocycles. The highest BCUT2D eigenvalue weighted by Gasteiger charge is 2.41. The Morgan fingerprint density at radius 2 is 1.58 bits per heavy atom. The van der Waals surface area contributed by atoms with E-state index in [0.29, 0.717) is 16.6 Å². The van der Waals surface area contributed by atoms with Gasteiger partial charge >= 0.3 is 0 Å². The zero-order chi connectivity index (χ0) is 26.3. The fourth-order valence-electron chi connectivity index (χ4n) is 5.83. The minimum atomic E-state index is -1.66. The van der Waals surface area contributed by atoms with Crippen LogP contribution in [-0.2, 0) is 6.42 Å². The van der Waals surface area contributed by atoms with E-state index >= 15 is 0 Å². The number of nitrogens with zero attached hydrogens (tertiary/aromatic N) is 1. The Morgan fingerprint density at radius 3 is 2.28 bits per heavy atom. The third-order valence-corrected chi connectivity index (χ3v) is 14.0. The summed E-state index contributed by atoms with van der Waals surface area (Å²) >= 11 is 0. The molecule has 0 fully saturated rings. The van der Waals surface area contributed by atoms with Gasteiger partial charge < -0.3 is 5.32 Å². The van der Waals surface area contributed by atoms with Crippen molar-refractivity contribution in [3.05, 3.63) is 71.4 Å². The molecule has 0 atom stereocenters. The van der Waals surface area contributed by atoms with Gasteiger partial charge in [-0.05, 0) is 66.1 Å². The number of benzene rings is 2. The van der Waals surface area contributed by atoms with Crippen molar-refractivity contribution >= 4 is 30.6 Å². The zero-order valence-electron chi connectivity index (χ0n) is 23.1. The van der Waals surface area contributed by atoms with Gasteiger partial charge in [-0.1, -0.05) is 77.9 Å². The number of hydrogen-bond donors (Lipinski definition) is 1. The number of pyridine rings is 1. The summed E-state index contributed by atoms with van der Waals surface area (Å²) in [5.74, 6) is 3.51. The summed E-state index contributed by atoms with van der Waals surface area (Å²) in [6.07, 6.45) is 5.63. The molecule has 1 N–H and O–H groups in total. The van der Waals surface area contributed by atoms with Crippen LogP contribution in [0.25, 0.3) is 10.9 Å². The number of aromatic nitrogens is 1. The summed E-state index contributed by atoms with van der Waals surface area (Å²) in [6.45, 7) is 16.2. The second kappa shape index (κ2) is 12.4. The van der Waals surface area contributed by atoms with E-state index in [2.05, 4.69) is 75.4 Å². The summed E-state index contributed by atoms with van der Waals surface area (Å²) in [6, 6.07) is 15.9. The maximum atomic E-state index is 13.4. The topological polar surface area (TPSA) is 42.0 Å². The second-order valence-corrected chi connectivity index (χ2v) is 16.4. The normalized spacial score (nSPS) is 11.7. The van der Waals surface area contributed by atoms with Crippen LogP contribution in [-0.4, -0.2) is 19.0 Å². The van der Waals surface area contributed by atoms with Crippen molar-refractivity contribution in [3.8, 4) is 11.5 Å². The predicted molar refractivity (Wildman–Crippen MR) is 157 cm³/mol. The molecule has 0 unspecified atom stereocenters. The van der Waals surface area contributed by atoms with Crippen molar-refractivity contribution in [2.24, 2.45) is 0 Å². The van der Waals surface area contributed by atoms with Crippen molar-refractivity contribution < 1.29 is 4.79 Å². The van der Waals surface area contributed by atoms with Crippen LogP contribution in [0.4, 0.5) is 5.69 Å². The summed E-state index contributed by atoms with van der Waals surface area (Å²) in [5.41, 5.74) is 10.3. The van der Waals surface area contributed by atoms with Crippen LogP contribution in [0.3, 0.4) is 0 Å². The molecular weight excluding hydrogens is 456 g/mol. The standard InChI is InChI=1S/C32H42N2OSi/c1-23(2)36(24(3)4,25(5)6)22-11-9-8-10-16-27-17-12-15-26(7)30(27)32(35)34-29-20-13-18-28-19-14-21-33-31(28)29/h12-15,17-21,23-25H,8-10,16H2,1-7H3,(H,34,35). The molecular formula is C32H42N2OSi. The molecule has 2 aromatic carbocycles. The zero-order valence-corrected chi connectivity index (χ0v) is 24.1. The van der Waals surface area contributed by atoms with Crippen LogP contribution in [0.5, 0.6) is 0 Å². The average molecular weight is 499 g/mol. The highest BCUT2D eigenvalue weighted by Crippen LogP contribution is 2.40. The molecule has 0 spiro atoms. The molecule has 3 aromatic rings. The maximum absolute atomic E-state index is 13.4. The highest BCUT2D eigenvalue weighted by atomic mass is 28.3. The summed E-state index contributed by atoms with van der Waals surface area (Å²) in [4.78, 5) is 17.9. The fraction of sp³-hybridized carbons (Fsp3) is 0.438. The Balaban J connectivity index is 1.69. The lowest BCUT2D eigenvalue weighted by Crippen LogP contribution is -2.43. The largest absolute Gasteiger partial charge is 0.320 e. The van der Waals surface area contributed by atoms with E-state index in [0.717, 1.165) is 59.0 Å². The van der Waals surface area contributed by atoms with Crippen molar-refractivity contribution in [1.82, 2.24) is 4.98 Å². The molecule has 3 nitrogen and oxygen atoms in total. The van der Waals surface area contributed by atoms with Gasteiger partial charge in [0.1, 0.15) is 8.07 Å². The van der Waals surface area contributed by atoms with Gasteiger partial charge in [0, 0.05) is 23.6 Å². The Labute approximate surface area is 219 Å². The molecule has 1 heterocycles. The van der Waals surface area contributed by atoms with Crippen LogP contribution in [0.15, 0.2) is 54.7 Å². The van der Waals surface area contributed by atoms with E-state index in [1.54, 1.807) is 6.20 Å². The molecule has 0 bridgehead atoms. The number of carbonyl (C=O) groups excluding carboxylic acids is 1. The number of nitrogens with one attached hydrogen (secondary N) is 1. The van der Waals surface area contributed by atoms with Gasteiger partial charge in [-0.2, -0.15) is 0 Å². The SMILES string of the molecule is Cc1cccc(CCCCC#C[Si](C(C)C)(C(C)C)C(C)C)c1C(=O)Nc1cccc2cccnc12. The first kappa shape index (κ1) is 27.7. The number of anilines is 1. The first-order valence-electron chi connectivity index (χ1n) is 13.4. The van der Waals surface area contributed by atoms with E-state index in [9.17, 15) is 4.79 Å². The molecule has 36 heavy (non-hydrogen) atoms. The van der Waals surface area contributed by atoms with Gasteiger partial charge in [-0.3, -0.25) is 9.78 Å². The monoisotopic (exact) mass is 498 g/mol. The lowest BCUT2D eigenvalue weighted by atomic mass is 9.96. The molecule has 190 valence electrons. The fourth-order valence-corrected chi connectivity index (χ4v) is 11.1. The van der Waals surface area contributed by atoms with Crippen molar-refractivity contribution in [1.29, 1.82) is 0 Å². The van der Waals surface area contributed by atoms with E-state index in [1.165, 1.54) is 0 Å². The van der Waals surface area contributed by atoms with Gasteiger partial charge in [0.05, 0.1) is 11.2 Å². The van der Waals surface area contributed by atoms with E-state index < -0.39 is 8.07 Å². The number of para-hydroxylation sites is 1. The number of aryl methyl sites for hydroxylation is 2. The van der Waals surface area contributed by atoms with Crippen LogP contribution in [0.2, 0.25) is 16.6 Å². The third kappa shape index (κ3) is 6.07. The minimum Gasteiger partial charge on any atom is -0.320 e. The lowest BCUT2D eigenvalue weighted by Gasteiger charge is -2.38. The molecule has 4 heteroatoms. The average Bonchev–Trinajstić information content (AvgIpc) is 2.83. The maximum Gasteiger partial charge on any atom is 0.256 e. The summed E-state index contributed by atoms with van der Waals surface area (Å²) in [7, 11) is -1.66. The molecule has 1 aromatic heterocycles. The van der Waals surface area contributed by atoms with Crippen molar-refractivity contribution in [3.63, 3.8) is 0 Å². The first-order chi connectivity index (χ1) is 17.2. The Hall–Kier alpha value is -2.90. The number of rotatable bonds is 9. The van der Waals surface area contributed by atoms with E-state index in [4.69, 9.17) is 0 Å². The number of hydrogen-bond acceptors (Lipinski definition) is 2. The Bertz CT molecular complexity index is 1220.